The van der Waals surface area contributed by atoms with Gasteiger partial charge in [0.2, 0.25) is 5.91 Å². The lowest BCUT2D eigenvalue weighted by Gasteiger charge is -2.14. The van der Waals surface area contributed by atoms with Crippen molar-refractivity contribution in [2.45, 2.75) is 26.3 Å². The van der Waals surface area contributed by atoms with Gasteiger partial charge in [-0.05, 0) is 34.3 Å². The Bertz CT molecular complexity index is 452. The lowest BCUT2D eigenvalue weighted by molar-refractivity contribution is -0.117. The summed E-state index contributed by atoms with van der Waals surface area (Å²) in [5, 5.41) is 2.28. The number of nitrogens with one attached hydrogen (secondary N) is 1. The van der Waals surface area contributed by atoms with Crippen LogP contribution in [0.4, 0.5) is 14.5 Å². The first-order valence-electron chi connectivity index (χ1n) is 5.52. The van der Waals surface area contributed by atoms with Crippen molar-refractivity contribution < 1.29 is 13.6 Å². The van der Waals surface area contributed by atoms with Crippen LogP contribution in [-0.4, -0.2) is 11.9 Å². The van der Waals surface area contributed by atoms with Gasteiger partial charge in [-0.3, -0.25) is 4.79 Å². The molecule has 1 aromatic carbocycles. The van der Waals surface area contributed by atoms with Crippen molar-refractivity contribution in [1.29, 1.82) is 0 Å². The second-order valence-corrected chi connectivity index (χ2v) is 5.33. The maximum absolute atomic E-state index is 13.5. The second kappa shape index (κ2) is 6.24. The van der Waals surface area contributed by atoms with Gasteiger partial charge >= 0.3 is 0 Å². The van der Waals surface area contributed by atoms with E-state index < -0.39 is 23.6 Å². The lowest BCUT2D eigenvalue weighted by atomic mass is 10.0. The molecule has 18 heavy (non-hydrogen) atoms. The Kier molecular flexibility index (Phi) is 5.22. The number of benzene rings is 1. The average Bonchev–Trinajstić information content (AvgIpc) is 2.24. The fraction of sp³-hybridized carbons (Fsp3) is 0.417. The fourth-order valence-corrected chi connectivity index (χ4v) is 1.77. The van der Waals surface area contributed by atoms with Crippen LogP contribution in [0.2, 0.25) is 0 Å². The Morgan fingerprint density at radius 1 is 1.39 bits per heavy atom. The van der Waals surface area contributed by atoms with Crippen LogP contribution in [0, 0.1) is 17.6 Å². The molecule has 0 aliphatic rings. The number of anilines is 1. The Balaban J connectivity index is 2.79. The summed E-state index contributed by atoms with van der Waals surface area (Å²) >= 11 is 2.86. The van der Waals surface area contributed by atoms with E-state index in [4.69, 9.17) is 5.73 Å². The molecule has 0 aliphatic carbocycles. The highest BCUT2D eigenvalue weighted by molar-refractivity contribution is 9.10. The number of nitrogens with two attached hydrogens (primary N) is 1. The van der Waals surface area contributed by atoms with E-state index in [-0.39, 0.29) is 16.1 Å². The highest BCUT2D eigenvalue weighted by atomic mass is 79.9. The molecule has 0 saturated heterocycles. The Hall–Kier alpha value is -1.01. The highest BCUT2D eigenvalue weighted by Crippen LogP contribution is 2.23. The summed E-state index contributed by atoms with van der Waals surface area (Å²) in [5.74, 6) is -1.64. The largest absolute Gasteiger partial charge is 0.322 e. The van der Waals surface area contributed by atoms with Gasteiger partial charge in [0.15, 0.2) is 0 Å². The summed E-state index contributed by atoms with van der Waals surface area (Å²) in [6.45, 7) is 3.85. The molecule has 0 aliphatic heterocycles. The normalized spacial score (nSPS) is 12.6. The molecular weight excluding hydrogens is 306 g/mol. The second-order valence-electron chi connectivity index (χ2n) is 4.47. The van der Waals surface area contributed by atoms with Gasteiger partial charge in [-0.15, -0.1) is 0 Å². The van der Waals surface area contributed by atoms with Crippen molar-refractivity contribution in [3.05, 3.63) is 28.2 Å². The van der Waals surface area contributed by atoms with Crippen LogP contribution in [-0.2, 0) is 4.79 Å². The van der Waals surface area contributed by atoms with Gasteiger partial charge in [0, 0.05) is 6.07 Å². The first-order valence-corrected chi connectivity index (χ1v) is 6.31. The predicted octanol–water partition coefficient (Wildman–Crippen LogP) is 3.04. The number of hydrogen-bond donors (Lipinski definition) is 2. The average molecular weight is 321 g/mol. The molecule has 3 nitrogen and oxygen atoms in total. The zero-order valence-electron chi connectivity index (χ0n) is 10.1. The molecule has 0 heterocycles. The number of carbonyl (C=O) groups is 1. The molecular formula is C12H15BrF2N2O. The van der Waals surface area contributed by atoms with Gasteiger partial charge in [-0.1, -0.05) is 13.8 Å². The Labute approximate surface area is 113 Å². The SMILES string of the molecule is CC(C)C[C@H](N)C(=O)Nc1cc(F)c(Br)cc1F. The predicted molar refractivity (Wildman–Crippen MR) is 70.1 cm³/mol. The maximum Gasteiger partial charge on any atom is 0.241 e. The van der Waals surface area contributed by atoms with Crippen LogP contribution in [0.15, 0.2) is 16.6 Å². The molecule has 1 rings (SSSR count). The van der Waals surface area contributed by atoms with Gasteiger partial charge in [0.25, 0.3) is 0 Å². The van der Waals surface area contributed by atoms with Gasteiger partial charge in [-0.25, -0.2) is 8.78 Å². The van der Waals surface area contributed by atoms with Crippen molar-refractivity contribution >= 4 is 27.5 Å². The van der Waals surface area contributed by atoms with E-state index in [2.05, 4.69) is 21.2 Å². The van der Waals surface area contributed by atoms with Crippen LogP contribution in [0.3, 0.4) is 0 Å². The Morgan fingerprint density at radius 3 is 2.56 bits per heavy atom. The van der Waals surface area contributed by atoms with Gasteiger partial charge in [-0.2, -0.15) is 0 Å². The number of halogens is 3. The van der Waals surface area contributed by atoms with E-state index in [1.165, 1.54) is 0 Å². The zero-order chi connectivity index (χ0) is 13.9. The molecule has 0 saturated carbocycles. The Morgan fingerprint density at radius 2 is 2.00 bits per heavy atom. The van der Waals surface area contributed by atoms with Crippen molar-refractivity contribution in [3.63, 3.8) is 0 Å². The molecule has 1 aromatic rings. The summed E-state index contributed by atoms with van der Waals surface area (Å²) in [5.41, 5.74) is 5.44. The summed E-state index contributed by atoms with van der Waals surface area (Å²) < 4.78 is 26.7. The first-order chi connectivity index (χ1) is 8.31. The monoisotopic (exact) mass is 320 g/mol. The van der Waals surface area contributed by atoms with Gasteiger partial charge < -0.3 is 11.1 Å². The van der Waals surface area contributed by atoms with Gasteiger partial charge in [0.05, 0.1) is 16.2 Å². The molecule has 1 atom stereocenters. The summed E-state index contributed by atoms with van der Waals surface area (Å²) in [6, 6.07) is 1.13. The fourth-order valence-electron chi connectivity index (χ4n) is 1.46. The molecule has 0 radical (unpaired) electrons. The van der Waals surface area contributed by atoms with Crippen molar-refractivity contribution in [2.75, 3.05) is 5.32 Å². The lowest BCUT2D eigenvalue weighted by Crippen LogP contribution is -2.36. The molecule has 0 unspecified atom stereocenters. The van der Waals surface area contributed by atoms with E-state index in [1.54, 1.807) is 0 Å². The molecule has 0 aromatic heterocycles. The molecule has 0 bridgehead atoms. The standard InChI is InChI=1S/C12H15BrF2N2O/c1-6(2)3-10(16)12(18)17-11-5-8(14)7(13)4-9(11)15/h4-6,10H,3,16H2,1-2H3,(H,17,18)/t10-/m0/s1. The molecule has 100 valence electrons. The molecule has 0 fully saturated rings. The third-order valence-electron chi connectivity index (χ3n) is 2.33. The minimum Gasteiger partial charge on any atom is -0.322 e. The van der Waals surface area contributed by atoms with Crippen LogP contribution in [0.5, 0.6) is 0 Å². The number of hydrogen-bond acceptors (Lipinski definition) is 2. The quantitative estimate of drug-likeness (QED) is 0.838. The van der Waals surface area contributed by atoms with E-state index >= 15 is 0 Å². The first kappa shape index (κ1) is 15.0. The summed E-state index contributed by atoms with van der Waals surface area (Å²) in [6.07, 6.45) is 0.479. The summed E-state index contributed by atoms with van der Waals surface area (Å²) in [7, 11) is 0. The topological polar surface area (TPSA) is 55.1 Å². The highest BCUT2D eigenvalue weighted by Gasteiger charge is 2.17. The van der Waals surface area contributed by atoms with Crippen LogP contribution in [0.1, 0.15) is 20.3 Å². The molecule has 6 heteroatoms. The molecule has 0 spiro atoms. The van der Waals surface area contributed by atoms with Crippen LogP contribution in [0.25, 0.3) is 0 Å². The maximum atomic E-state index is 13.5. The number of rotatable bonds is 4. The van der Waals surface area contributed by atoms with E-state index in [0.29, 0.717) is 6.42 Å². The molecule has 1 amide bonds. The van der Waals surface area contributed by atoms with E-state index in [1.807, 2.05) is 13.8 Å². The third kappa shape index (κ3) is 4.03. The van der Waals surface area contributed by atoms with E-state index in [0.717, 1.165) is 12.1 Å². The van der Waals surface area contributed by atoms with Crippen molar-refractivity contribution in [3.8, 4) is 0 Å². The summed E-state index contributed by atoms with van der Waals surface area (Å²) in [4.78, 5) is 11.7. The zero-order valence-corrected chi connectivity index (χ0v) is 11.7. The van der Waals surface area contributed by atoms with E-state index in [9.17, 15) is 13.6 Å². The number of carbonyl (C=O) groups excluding carboxylic acids is 1. The van der Waals surface area contributed by atoms with Crippen LogP contribution >= 0.6 is 15.9 Å². The minimum absolute atomic E-state index is 0.00415. The minimum atomic E-state index is -0.740. The van der Waals surface area contributed by atoms with Gasteiger partial charge in [0.1, 0.15) is 11.6 Å². The van der Waals surface area contributed by atoms with Crippen molar-refractivity contribution in [2.24, 2.45) is 11.7 Å². The third-order valence-corrected chi connectivity index (χ3v) is 2.94. The smallest absolute Gasteiger partial charge is 0.241 e. The van der Waals surface area contributed by atoms with Crippen molar-refractivity contribution in [1.82, 2.24) is 0 Å². The molecule has 3 N–H and O–H groups in total. The number of amides is 1. The van der Waals surface area contributed by atoms with Crippen LogP contribution < -0.4 is 11.1 Å².